The van der Waals surface area contributed by atoms with Crippen molar-refractivity contribution >= 4 is 22.2 Å². The second-order valence-corrected chi connectivity index (χ2v) is 9.29. The molecule has 1 aromatic heterocycles. The molecule has 0 bridgehead atoms. The van der Waals surface area contributed by atoms with Gasteiger partial charge in [-0.15, -0.1) is 11.3 Å². The van der Waals surface area contributed by atoms with E-state index in [-0.39, 0.29) is 11.3 Å². The third-order valence-corrected chi connectivity index (χ3v) is 6.61. The number of fused-ring (bicyclic) bond motifs is 1. The van der Waals surface area contributed by atoms with Crippen LogP contribution < -0.4 is 14.8 Å². The van der Waals surface area contributed by atoms with E-state index >= 15 is 0 Å². The van der Waals surface area contributed by atoms with Crippen molar-refractivity contribution in [3.8, 4) is 17.6 Å². The van der Waals surface area contributed by atoms with Crippen LogP contribution in [0, 0.1) is 22.7 Å². The molecule has 148 valence electrons. The number of nitrogens with one attached hydrogen (secondary N) is 1. The van der Waals surface area contributed by atoms with E-state index in [0.717, 1.165) is 24.8 Å². The lowest BCUT2D eigenvalue weighted by Crippen LogP contribution is -2.26. The third kappa shape index (κ3) is 4.00. The van der Waals surface area contributed by atoms with Gasteiger partial charge in [0.25, 0.3) is 5.91 Å². The first-order chi connectivity index (χ1) is 13.3. The van der Waals surface area contributed by atoms with E-state index in [2.05, 4.69) is 32.2 Å². The van der Waals surface area contributed by atoms with Gasteiger partial charge in [-0.1, -0.05) is 20.8 Å². The van der Waals surface area contributed by atoms with Crippen LogP contribution in [0.25, 0.3) is 0 Å². The zero-order chi connectivity index (χ0) is 20.5. The highest BCUT2D eigenvalue weighted by Gasteiger charge is 2.32. The van der Waals surface area contributed by atoms with Crippen molar-refractivity contribution < 1.29 is 14.3 Å². The van der Waals surface area contributed by atoms with E-state index in [1.165, 1.54) is 16.2 Å². The molecule has 1 atom stereocenters. The Labute approximate surface area is 170 Å². The number of rotatable bonds is 4. The fourth-order valence-corrected chi connectivity index (χ4v) is 4.92. The number of nitriles is 1. The summed E-state index contributed by atoms with van der Waals surface area (Å²) in [5, 5.41) is 13.3. The van der Waals surface area contributed by atoms with Crippen LogP contribution in [0.2, 0.25) is 0 Å². The Balaban J connectivity index is 1.89. The van der Waals surface area contributed by atoms with Gasteiger partial charge in [0.2, 0.25) is 0 Å². The minimum Gasteiger partial charge on any atom is -0.497 e. The summed E-state index contributed by atoms with van der Waals surface area (Å²) in [6.45, 7) is 6.79. The lowest BCUT2D eigenvalue weighted by Gasteiger charge is -2.33. The zero-order valence-electron chi connectivity index (χ0n) is 17.0. The monoisotopic (exact) mass is 398 g/mol. The van der Waals surface area contributed by atoms with Gasteiger partial charge in [0.1, 0.15) is 22.6 Å². The average Bonchev–Trinajstić information content (AvgIpc) is 3.02. The van der Waals surface area contributed by atoms with Gasteiger partial charge >= 0.3 is 0 Å². The second kappa shape index (κ2) is 7.84. The van der Waals surface area contributed by atoms with Crippen LogP contribution in [0.1, 0.15) is 53.6 Å². The molecule has 1 N–H and O–H groups in total. The summed E-state index contributed by atoms with van der Waals surface area (Å²) >= 11 is 1.53. The first kappa shape index (κ1) is 20.2. The maximum absolute atomic E-state index is 12.8. The van der Waals surface area contributed by atoms with E-state index in [9.17, 15) is 10.1 Å². The molecule has 1 aliphatic carbocycles. The Hall–Kier alpha value is -2.52. The molecule has 1 heterocycles. The molecular weight excluding hydrogens is 372 g/mol. The second-order valence-electron chi connectivity index (χ2n) is 8.18. The number of benzene rings is 1. The number of thiophene rings is 1. The maximum atomic E-state index is 12.8. The van der Waals surface area contributed by atoms with Crippen LogP contribution in [0.3, 0.4) is 0 Å². The van der Waals surface area contributed by atoms with Gasteiger partial charge in [0.15, 0.2) is 0 Å². The molecule has 0 radical (unpaired) electrons. The number of hydrogen-bond donors (Lipinski definition) is 1. The molecule has 0 fully saturated rings. The van der Waals surface area contributed by atoms with Crippen LogP contribution in [0.4, 0.5) is 5.00 Å². The highest BCUT2D eigenvalue weighted by molar-refractivity contribution is 7.16. The minimum atomic E-state index is -0.278. The lowest BCUT2D eigenvalue weighted by molar-refractivity contribution is 0.102. The molecule has 0 aliphatic heterocycles. The molecule has 3 rings (SSSR count). The lowest BCUT2D eigenvalue weighted by atomic mass is 9.72. The van der Waals surface area contributed by atoms with Crippen molar-refractivity contribution in [1.29, 1.82) is 5.26 Å². The van der Waals surface area contributed by atoms with Gasteiger partial charge in [-0.3, -0.25) is 4.79 Å². The fraction of sp³-hybridized carbons (Fsp3) is 0.455. The summed E-state index contributed by atoms with van der Waals surface area (Å²) < 4.78 is 10.5. The van der Waals surface area contributed by atoms with Crippen molar-refractivity contribution in [2.75, 3.05) is 19.5 Å². The molecule has 1 aromatic carbocycles. The standard InChI is InChI=1S/C22H26N2O3S/c1-22(2,3)14-6-7-17-18(12-23)21(28-19(17)10-14)24-20(25)13-8-15(26-4)11-16(9-13)27-5/h8-9,11,14H,6-7,10H2,1-5H3,(H,24,25)/t14-/m1/s1. The molecule has 2 aromatic rings. The summed E-state index contributed by atoms with van der Waals surface area (Å²) in [5.74, 6) is 1.39. The number of methoxy groups -OCH3 is 2. The largest absolute Gasteiger partial charge is 0.497 e. The van der Waals surface area contributed by atoms with Gasteiger partial charge in [-0.2, -0.15) is 5.26 Å². The molecule has 0 saturated carbocycles. The van der Waals surface area contributed by atoms with Crippen LogP contribution in [-0.2, 0) is 12.8 Å². The smallest absolute Gasteiger partial charge is 0.256 e. The normalized spacial score (nSPS) is 16.1. The Morgan fingerprint density at radius 2 is 1.86 bits per heavy atom. The maximum Gasteiger partial charge on any atom is 0.256 e. The first-order valence-electron chi connectivity index (χ1n) is 9.36. The molecule has 5 nitrogen and oxygen atoms in total. The number of carbonyl (C=O) groups is 1. The van der Waals surface area contributed by atoms with Gasteiger partial charge in [0.05, 0.1) is 19.8 Å². The van der Waals surface area contributed by atoms with Crippen molar-refractivity contribution in [3.63, 3.8) is 0 Å². The fourth-order valence-electron chi connectivity index (χ4n) is 3.65. The Morgan fingerprint density at radius 1 is 1.21 bits per heavy atom. The van der Waals surface area contributed by atoms with E-state index < -0.39 is 0 Å². The Kier molecular flexibility index (Phi) is 5.66. The zero-order valence-corrected chi connectivity index (χ0v) is 17.8. The third-order valence-electron chi connectivity index (χ3n) is 5.44. The SMILES string of the molecule is COc1cc(OC)cc(C(=O)Nc2sc3c(c2C#N)CC[C@@H](C(C)(C)C)C3)c1. The predicted molar refractivity (Wildman–Crippen MR) is 112 cm³/mol. The Bertz CT molecular complexity index is 912. The number of amides is 1. The van der Waals surface area contributed by atoms with Crippen molar-refractivity contribution in [3.05, 3.63) is 39.8 Å². The molecule has 0 spiro atoms. The van der Waals surface area contributed by atoms with Gasteiger partial charge < -0.3 is 14.8 Å². The van der Waals surface area contributed by atoms with E-state index in [1.54, 1.807) is 32.4 Å². The molecule has 0 saturated heterocycles. The molecule has 1 aliphatic rings. The van der Waals surface area contributed by atoms with Crippen molar-refractivity contribution in [2.45, 2.75) is 40.0 Å². The molecule has 28 heavy (non-hydrogen) atoms. The van der Waals surface area contributed by atoms with Crippen molar-refractivity contribution in [1.82, 2.24) is 0 Å². The molecule has 1 amide bonds. The predicted octanol–water partition coefficient (Wildman–Crippen LogP) is 5.04. The van der Waals surface area contributed by atoms with E-state index in [0.29, 0.717) is 33.5 Å². The number of carbonyl (C=O) groups excluding carboxylic acids is 1. The average molecular weight is 399 g/mol. The number of hydrogen-bond acceptors (Lipinski definition) is 5. The quantitative estimate of drug-likeness (QED) is 0.783. The summed E-state index contributed by atoms with van der Waals surface area (Å²) in [6.07, 6.45) is 2.92. The van der Waals surface area contributed by atoms with E-state index in [4.69, 9.17) is 9.47 Å². The highest BCUT2D eigenvalue weighted by atomic mass is 32.1. The molecular formula is C22H26N2O3S. The van der Waals surface area contributed by atoms with Crippen molar-refractivity contribution in [2.24, 2.45) is 11.3 Å². The number of anilines is 1. The topological polar surface area (TPSA) is 71.3 Å². The van der Waals surface area contributed by atoms with Crippen LogP contribution in [0.5, 0.6) is 11.5 Å². The van der Waals surface area contributed by atoms with Gasteiger partial charge in [0, 0.05) is 16.5 Å². The van der Waals surface area contributed by atoms with Gasteiger partial charge in [-0.25, -0.2) is 0 Å². The highest BCUT2D eigenvalue weighted by Crippen LogP contribution is 2.44. The molecule has 6 heteroatoms. The summed E-state index contributed by atoms with van der Waals surface area (Å²) in [5.41, 5.74) is 2.37. The van der Waals surface area contributed by atoms with Crippen LogP contribution in [0.15, 0.2) is 18.2 Å². The van der Waals surface area contributed by atoms with Crippen LogP contribution >= 0.6 is 11.3 Å². The summed E-state index contributed by atoms with van der Waals surface area (Å²) in [6, 6.07) is 7.34. The van der Waals surface area contributed by atoms with Gasteiger partial charge in [-0.05, 0) is 48.3 Å². The Morgan fingerprint density at radius 3 is 2.39 bits per heavy atom. The summed E-state index contributed by atoms with van der Waals surface area (Å²) in [4.78, 5) is 14.1. The number of nitrogens with zero attached hydrogens (tertiary/aromatic N) is 1. The van der Waals surface area contributed by atoms with E-state index in [1.807, 2.05) is 0 Å². The summed E-state index contributed by atoms with van der Waals surface area (Å²) in [7, 11) is 3.09. The van der Waals surface area contributed by atoms with Crippen LogP contribution in [-0.4, -0.2) is 20.1 Å². The minimum absolute atomic E-state index is 0.231. The first-order valence-corrected chi connectivity index (χ1v) is 10.2. The number of ether oxygens (including phenoxy) is 2. The molecule has 0 unspecified atom stereocenters.